The fraction of sp³-hybridized carbons (Fsp3) is 0.458. The summed E-state index contributed by atoms with van der Waals surface area (Å²) < 4.78 is 41.8. The first-order chi connectivity index (χ1) is 17.3. The normalized spacial score (nSPS) is 17.1. The van der Waals surface area contributed by atoms with E-state index in [0.29, 0.717) is 30.2 Å². The van der Waals surface area contributed by atoms with E-state index in [1.165, 1.54) is 18.9 Å². The molecule has 2 aliphatic rings. The molecular weight excluding hydrogens is 471 g/mol. The Morgan fingerprint density at radius 1 is 1.08 bits per heavy atom. The van der Waals surface area contributed by atoms with Gasteiger partial charge in [0.1, 0.15) is 35.3 Å². The number of nitrogen functional groups attached to an aromatic ring is 1. The van der Waals surface area contributed by atoms with Gasteiger partial charge in [0.05, 0.1) is 5.69 Å². The van der Waals surface area contributed by atoms with E-state index in [-0.39, 0.29) is 17.3 Å². The molecular formula is C24H26F3N9. The van der Waals surface area contributed by atoms with E-state index < -0.39 is 11.9 Å². The highest BCUT2D eigenvalue weighted by Crippen LogP contribution is 2.34. The van der Waals surface area contributed by atoms with Crippen molar-refractivity contribution in [2.75, 3.05) is 43.4 Å². The number of nitrogens with two attached hydrogens (primary N) is 1. The molecule has 2 aliphatic heterocycles. The Morgan fingerprint density at radius 2 is 1.86 bits per heavy atom. The van der Waals surface area contributed by atoms with Crippen LogP contribution in [-0.2, 0) is 12.7 Å². The molecule has 0 unspecified atom stereocenters. The van der Waals surface area contributed by atoms with Crippen molar-refractivity contribution in [2.24, 2.45) is 0 Å². The zero-order valence-corrected chi connectivity index (χ0v) is 19.6. The largest absolute Gasteiger partial charge is 0.433 e. The van der Waals surface area contributed by atoms with E-state index in [4.69, 9.17) is 10.7 Å². The van der Waals surface area contributed by atoms with E-state index in [1.54, 1.807) is 6.07 Å². The first-order valence-electron chi connectivity index (χ1n) is 11.9. The van der Waals surface area contributed by atoms with Crippen LogP contribution in [0, 0.1) is 11.3 Å². The molecule has 3 aromatic rings. The van der Waals surface area contributed by atoms with Crippen LogP contribution < -0.4 is 10.6 Å². The van der Waals surface area contributed by atoms with Crippen molar-refractivity contribution in [2.45, 2.75) is 37.9 Å². The summed E-state index contributed by atoms with van der Waals surface area (Å²) in [6.45, 7) is 5.03. The van der Waals surface area contributed by atoms with Crippen molar-refractivity contribution in [1.29, 1.82) is 5.26 Å². The van der Waals surface area contributed by atoms with Crippen LogP contribution in [0.15, 0.2) is 30.9 Å². The number of alkyl halides is 3. The number of piperidine rings is 1. The van der Waals surface area contributed by atoms with E-state index >= 15 is 0 Å². The molecule has 0 aliphatic carbocycles. The predicted octanol–water partition coefficient (Wildman–Crippen LogP) is 3.30. The standard InChI is InChI=1S/C24H26F3N9/c25-24(26,27)20-12-17(2-5-30-20)19-14-36(11-10-34-6-1-7-34)22(33-19)16-3-8-35(9-4-16)23-18(13-28)21(29)31-15-32-23/h2,5,12,14-16H,1,3-4,6-11H2,(H2,29,31,32). The maximum atomic E-state index is 13.2. The number of nitriles is 1. The summed E-state index contributed by atoms with van der Waals surface area (Å²) in [5, 5.41) is 9.48. The third-order valence-electron chi connectivity index (χ3n) is 6.89. The van der Waals surface area contributed by atoms with Gasteiger partial charge in [0.2, 0.25) is 0 Å². The zero-order chi connectivity index (χ0) is 25.3. The summed E-state index contributed by atoms with van der Waals surface area (Å²) in [5.74, 6) is 1.69. The second kappa shape index (κ2) is 9.73. The van der Waals surface area contributed by atoms with Crippen molar-refractivity contribution in [3.8, 4) is 17.3 Å². The molecule has 0 radical (unpaired) electrons. The maximum Gasteiger partial charge on any atom is 0.433 e. The van der Waals surface area contributed by atoms with Gasteiger partial charge in [-0.3, -0.25) is 4.98 Å². The SMILES string of the molecule is N#Cc1c(N)ncnc1N1CCC(c2nc(-c3ccnc(C(F)(F)F)c3)cn2CCN2CCC2)CC1. The first kappa shape index (κ1) is 24.0. The second-order valence-corrected chi connectivity index (χ2v) is 9.13. The third-order valence-corrected chi connectivity index (χ3v) is 6.89. The van der Waals surface area contributed by atoms with Gasteiger partial charge in [-0.1, -0.05) is 0 Å². The van der Waals surface area contributed by atoms with Gasteiger partial charge >= 0.3 is 6.18 Å². The molecule has 0 aromatic carbocycles. The lowest BCUT2D eigenvalue weighted by atomic mass is 9.95. The number of likely N-dealkylation sites (tertiary alicyclic amines) is 1. The highest BCUT2D eigenvalue weighted by atomic mass is 19.4. The van der Waals surface area contributed by atoms with Crippen LogP contribution in [-0.4, -0.2) is 62.1 Å². The average Bonchev–Trinajstić information content (AvgIpc) is 3.27. The van der Waals surface area contributed by atoms with Gasteiger partial charge in [0.15, 0.2) is 5.82 Å². The molecule has 12 heteroatoms. The average molecular weight is 498 g/mol. The van der Waals surface area contributed by atoms with E-state index in [2.05, 4.69) is 30.5 Å². The topological polar surface area (TPSA) is 113 Å². The van der Waals surface area contributed by atoms with Crippen LogP contribution >= 0.6 is 0 Å². The van der Waals surface area contributed by atoms with Crippen LogP contribution in [0.2, 0.25) is 0 Å². The van der Waals surface area contributed by atoms with Crippen molar-refractivity contribution < 1.29 is 13.2 Å². The minimum Gasteiger partial charge on any atom is -0.382 e. The van der Waals surface area contributed by atoms with Crippen LogP contribution in [0.5, 0.6) is 0 Å². The molecule has 188 valence electrons. The lowest BCUT2D eigenvalue weighted by Crippen LogP contribution is -2.39. The zero-order valence-electron chi connectivity index (χ0n) is 19.6. The number of hydrogen-bond acceptors (Lipinski definition) is 8. The molecule has 2 fully saturated rings. The van der Waals surface area contributed by atoms with Crippen LogP contribution in [0.4, 0.5) is 24.8 Å². The quantitative estimate of drug-likeness (QED) is 0.552. The number of nitrogens with zero attached hydrogens (tertiary/aromatic N) is 8. The first-order valence-corrected chi connectivity index (χ1v) is 11.9. The Balaban J connectivity index is 1.39. The third kappa shape index (κ3) is 4.83. The Morgan fingerprint density at radius 3 is 2.53 bits per heavy atom. The number of halogens is 3. The Hall–Kier alpha value is -3.72. The molecule has 0 spiro atoms. The monoisotopic (exact) mass is 497 g/mol. The van der Waals surface area contributed by atoms with E-state index in [0.717, 1.165) is 50.9 Å². The van der Waals surface area contributed by atoms with Crippen molar-refractivity contribution in [3.05, 3.63) is 47.9 Å². The number of imidazole rings is 1. The number of anilines is 2. The van der Waals surface area contributed by atoms with Gasteiger partial charge in [-0.15, -0.1) is 0 Å². The van der Waals surface area contributed by atoms with Gasteiger partial charge in [0, 0.05) is 50.1 Å². The summed E-state index contributed by atoms with van der Waals surface area (Å²) in [7, 11) is 0. The molecule has 36 heavy (non-hydrogen) atoms. The minimum atomic E-state index is -4.52. The highest BCUT2D eigenvalue weighted by molar-refractivity contribution is 5.63. The second-order valence-electron chi connectivity index (χ2n) is 9.13. The van der Waals surface area contributed by atoms with Crippen molar-refractivity contribution >= 4 is 11.6 Å². The van der Waals surface area contributed by atoms with E-state index in [1.807, 2.05) is 11.1 Å². The summed E-state index contributed by atoms with van der Waals surface area (Å²) in [4.78, 5) is 20.9. The molecule has 0 atom stereocenters. The fourth-order valence-electron chi connectivity index (χ4n) is 4.76. The number of rotatable bonds is 6. The Labute approximate surface area is 206 Å². The molecule has 2 N–H and O–H groups in total. The van der Waals surface area contributed by atoms with Crippen molar-refractivity contribution in [3.63, 3.8) is 0 Å². The molecule has 0 bridgehead atoms. The number of pyridine rings is 1. The lowest BCUT2D eigenvalue weighted by molar-refractivity contribution is -0.141. The van der Waals surface area contributed by atoms with Crippen LogP contribution in [0.1, 0.15) is 42.3 Å². The summed E-state index contributed by atoms with van der Waals surface area (Å²) >= 11 is 0. The maximum absolute atomic E-state index is 13.2. The van der Waals surface area contributed by atoms with Gasteiger partial charge in [-0.2, -0.15) is 18.4 Å². The molecule has 5 heterocycles. The Bertz CT molecular complexity index is 1270. The molecule has 2 saturated heterocycles. The molecule has 5 rings (SSSR count). The molecule has 9 nitrogen and oxygen atoms in total. The highest BCUT2D eigenvalue weighted by Gasteiger charge is 2.33. The molecule has 3 aromatic heterocycles. The summed E-state index contributed by atoms with van der Waals surface area (Å²) in [5.41, 5.74) is 6.11. The summed E-state index contributed by atoms with van der Waals surface area (Å²) in [6, 6.07) is 4.71. The minimum absolute atomic E-state index is 0.125. The van der Waals surface area contributed by atoms with Gasteiger partial charge in [0.25, 0.3) is 0 Å². The number of hydrogen-bond donors (Lipinski definition) is 1. The lowest BCUT2D eigenvalue weighted by Gasteiger charge is -2.34. The van der Waals surface area contributed by atoms with Gasteiger partial charge in [-0.25, -0.2) is 15.0 Å². The van der Waals surface area contributed by atoms with E-state index in [9.17, 15) is 18.4 Å². The number of aromatic nitrogens is 5. The van der Waals surface area contributed by atoms with Gasteiger partial charge < -0.3 is 20.1 Å². The molecule has 0 amide bonds. The van der Waals surface area contributed by atoms with Crippen molar-refractivity contribution in [1.82, 2.24) is 29.4 Å². The van der Waals surface area contributed by atoms with Crippen LogP contribution in [0.25, 0.3) is 11.3 Å². The predicted molar refractivity (Wildman–Crippen MR) is 127 cm³/mol. The van der Waals surface area contributed by atoms with Crippen LogP contribution in [0.3, 0.4) is 0 Å². The smallest absolute Gasteiger partial charge is 0.382 e. The summed E-state index contributed by atoms with van der Waals surface area (Å²) in [6.07, 6.45) is 2.59. The fourth-order valence-corrected chi connectivity index (χ4v) is 4.76. The Kier molecular flexibility index (Phi) is 6.49. The van der Waals surface area contributed by atoms with Gasteiger partial charge in [-0.05, 0) is 44.5 Å². The molecule has 0 saturated carbocycles.